The number of hydrogen-bond donors (Lipinski definition) is 0. The van der Waals surface area contributed by atoms with Crippen molar-refractivity contribution < 1.29 is 83.1 Å². The van der Waals surface area contributed by atoms with Gasteiger partial charge in [0, 0.05) is 13.1 Å². The lowest BCUT2D eigenvalue weighted by Crippen LogP contribution is -2.75. The average molecular weight is 681 g/mol. The molecule has 0 aliphatic carbocycles. The summed E-state index contributed by atoms with van der Waals surface area (Å²) >= 11 is 0. The first-order chi connectivity index (χ1) is 18.5. The maximum atomic E-state index is 14.4. The Morgan fingerprint density at radius 2 is 0.762 bits per heavy atom. The number of rotatable bonds is 19. The molecule has 0 N–H and O–H groups in total. The summed E-state index contributed by atoms with van der Waals surface area (Å²) in [5.74, 6) is -51.5. The van der Waals surface area contributed by atoms with Crippen molar-refractivity contribution in [1.82, 2.24) is 4.31 Å². The zero-order chi connectivity index (χ0) is 33.9. The van der Waals surface area contributed by atoms with Crippen LogP contribution >= 0.6 is 0 Å². The Kier molecular flexibility index (Phi) is 13.0. The van der Waals surface area contributed by atoms with Gasteiger partial charge in [0.2, 0.25) is 0 Å². The molecule has 0 amide bonds. The molecule has 42 heavy (non-hydrogen) atoms. The van der Waals surface area contributed by atoms with E-state index < -0.39 is 74.4 Å². The molecule has 0 aromatic carbocycles. The lowest BCUT2D eigenvalue weighted by atomic mass is 9.91. The fraction of sp³-hybridized carbons (Fsp3) is 1.00. The molecule has 0 aliphatic rings. The van der Waals surface area contributed by atoms with Crippen LogP contribution in [0, 0.1) is 0 Å². The number of nitrogens with zero attached hydrogens (tertiary/aromatic N) is 1. The second-order valence-electron chi connectivity index (χ2n) is 9.29. The van der Waals surface area contributed by atoms with Gasteiger partial charge in [-0.1, -0.05) is 65.2 Å². The van der Waals surface area contributed by atoms with Crippen molar-refractivity contribution in [2.45, 2.75) is 119 Å². The molecule has 3 nitrogen and oxygen atoms in total. The Morgan fingerprint density at radius 3 is 1.10 bits per heavy atom. The van der Waals surface area contributed by atoms with Crippen molar-refractivity contribution >= 4 is 10.0 Å². The van der Waals surface area contributed by atoms with E-state index in [4.69, 9.17) is 0 Å². The van der Waals surface area contributed by atoms with Crippen molar-refractivity contribution in [3.05, 3.63) is 0 Å². The molecule has 0 aromatic heterocycles. The van der Waals surface area contributed by atoms with Gasteiger partial charge >= 0.3 is 47.0 Å². The van der Waals surface area contributed by atoms with Crippen molar-refractivity contribution in [3.8, 4) is 0 Å². The van der Waals surface area contributed by atoms with Crippen molar-refractivity contribution in [2.24, 2.45) is 0 Å². The highest BCUT2D eigenvalue weighted by Crippen LogP contribution is 2.64. The number of sulfonamides is 1. The van der Waals surface area contributed by atoms with Gasteiger partial charge in [0.05, 0.1) is 0 Å². The summed E-state index contributed by atoms with van der Waals surface area (Å²) in [7, 11) is -7.22. The molecule has 0 radical (unpaired) electrons. The molecule has 0 fully saturated rings. The fourth-order valence-electron chi connectivity index (χ4n) is 3.52. The molecule has 0 heterocycles. The van der Waals surface area contributed by atoms with Gasteiger partial charge < -0.3 is 0 Å². The maximum absolute atomic E-state index is 14.4. The number of hydrogen-bond acceptors (Lipinski definition) is 2. The van der Waals surface area contributed by atoms with E-state index in [9.17, 15) is 83.1 Å². The molecule has 21 heteroatoms. The minimum absolute atomic E-state index is 0.0602. The molecule has 0 aliphatic heterocycles. The molecule has 0 spiro atoms. The average Bonchev–Trinajstić information content (AvgIpc) is 2.83. The third-order valence-electron chi connectivity index (χ3n) is 6.22. The molecule has 0 bridgehead atoms. The minimum atomic E-state index is -8.82. The molecule has 0 aromatic rings. The van der Waals surface area contributed by atoms with Crippen LogP contribution in [-0.4, -0.2) is 72.8 Å². The van der Waals surface area contributed by atoms with E-state index >= 15 is 0 Å². The van der Waals surface area contributed by atoms with E-state index in [-0.39, 0.29) is 12.8 Å². The Morgan fingerprint density at radius 1 is 0.452 bits per heavy atom. The highest BCUT2D eigenvalue weighted by molar-refractivity contribution is 7.90. The van der Waals surface area contributed by atoms with Crippen LogP contribution in [0.3, 0.4) is 0 Å². The number of alkyl halides is 17. The summed E-state index contributed by atoms with van der Waals surface area (Å²) in [5, 5.41) is -7.50. The van der Waals surface area contributed by atoms with E-state index in [0.29, 0.717) is 26.2 Å². The fourth-order valence-corrected chi connectivity index (χ4v) is 5.01. The Labute approximate surface area is 229 Å². The van der Waals surface area contributed by atoms with Crippen molar-refractivity contribution in [2.75, 3.05) is 13.1 Å². The summed E-state index contributed by atoms with van der Waals surface area (Å²) in [6.07, 6.45) is -2.94. The quantitative estimate of drug-likeness (QED) is 0.101. The summed E-state index contributed by atoms with van der Waals surface area (Å²) < 4.78 is 252. The van der Waals surface area contributed by atoms with Gasteiger partial charge in [-0.2, -0.15) is 78.9 Å². The highest BCUT2D eigenvalue weighted by Gasteiger charge is 2.96. The van der Waals surface area contributed by atoms with E-state index in [0.717, 1.165) is 25.7 Å². The molecular formula is C21H28F17NO2S. The molecule has 0 atom stereocenters. The molecule has 0 rings (SSSR count). The largest absolute Gasteiger partial charge is 0.460 e. The zero-order valence-corrected chi connectivity index (χ0v) is 22.7. The smallest absolute Gasteiger partial charge is 0.206 e. The molecule has 0 unspecified atom stereocenters. The van der Waals surface area contributed by atoms with Gasteiger partial charge in [-0.25, -0.2) is 8.42 Å². The third-order valence-corrected chi connectivity index (χ3v) is 8.25. The number of unbranched alkanes of at least 4 members (excludes halogenated alkanes) is 8. The maximum Gasteiger partial charge on any atom is 0.460 e. The summed E-state index contributed by atoms with van der Waals surface area (Å²) in [5.41, 5.74) is 0. The van der Waals surface area contributed by atoms with E-state index in [1.807, 2.05) is 6.92 Å². The molecule has 0 saturated carbocycles. The normalized spacial score (nSPS) is 15.5. The van der Waals surface area contributed by atoms with E-state index in [2.05, 4.69) is 0 Å². The van der Waals surface area contributed by atoms with Gasteiger partial charge in [-0.05, 0) is 6.42 Å². The third kappa shape index (κ3) is 6.84. The van der Waals surface area contributed by atoms with Crippen LogP contribution in [0.4, 0.5) is 74.6 Å². The lowest BCUT2D eigenvalue weighted by molar-refractivity contribution is -0.458. The Balaban J connectivity index is 6.20. The topological polar surface area (TPSA) is 37.4 Å². The van der Waals surface area contributed by atoms with Crippen LogP contribution < -0.4 is 0 Å². The lowest BCUT2D eigenvalue weighted by Gasteiger charge is -2.43. The molecular weight excluding hydrogens is 653 g/mol. The van der Waals surface area contributed by atoms with Gasteiger partial charge in [0.25, 0.3) is 10.0 Å². The first kappa shape index (κ1) is 40.7. The van der Waals surface area contributed by atoms with Gasteiger partial charge in [-0.15, -0.1) is 0 Å². The second-order valence-corrected chi connectivity index (χ2v) is 11.3. The van der Waals surface area contributed by atoms with Crippen molar-refractivity contribution in [1.29, 1.82) is 0 Å². The van der Waals surface area contributed by atoms with E-state index in [1.54, 1.807) is 0 Å². The first-order valence-electron chi connectivity index (χ1n) is 12.2. The van der Waals surface area contributed by atoms with E-state index in [1.165, 1.54) is 0 Å². The summed E-state index contributed by atoms with van der Waals surface area (Å²) in [4.78, 5) is 0. The summed E-state index contributed by atoms with van der Waals surface area (Å²) in [6.45, 7) is 0.306. The Bertz CT molecular complexity index is 964. The van der Waals surface area contributed by atoms with Gasteiger partial charge in [-0.3, -0.25) is 0 Å². The van der Waals surface area contributed by atoms with Crippen LogP contribution in [-0.2, 0) is 10.0 Å². The van der Waals surface area contributed by atoms with Gasteiger partial charge in [0.15, 0.2) is 0 Å². The summed E-state index contributed by atoms with van der Waals surface area (Å²) in [6, 6.07) is 0. The second kappa shape index (κ2) is 13.4. The highest BCUT2D eigenvalue weighted by atomic mass is 32.2. The predicted molar refractivity (Wildman–Crippen MR) is 114 cm³/mol. The monoisotopic (exact) mass is 681 g/mol. The molecule has 0 saturated heterocycles. The van der Waals surface area contributed by atoms with Gasteiger partial charge in [0.1, 0.15) is 0 Å². The van der Waals surface area contributed by atoms with Crippen molar-refractivity contribution in [3.63, 3.8) is 0 Å². The molecule has 254 valence electrons. The minimum Gasteiger partial charge on any atom is -0.206 e. The zero-order valence-electron chi connectivity index (χ0n) is 21.9. The SMILES string of the molecule is CCCCCCCCCCCN(CC)S(=O)(=O)C(F)(F)C(F)(F)C(F)(F)C(F)(F)C(F)(F)C(F)(F)C(F)(F)C(F)(F)F. The van der Waals surface area contributed by atoms with Crippen LogP contribution in [0.25, 0.3) is 0 Å². The van der Waals surface area contributed by atoms with Crippen LogP contribution in [0.1, 0.15) is 71.6 Å². The Hall–Kier alpha value is -1.28. The van der Waals surface area contributed by atoms with Crippen LogP contribution in [0.2, 0.25) is 0 Å². The van der Waals surface area contributed by atoms with Crippen LogP contribution in [0.15, 0.2) is 0 Å². The predicted octanol–water partition coefficient (Wildman–Crippen LogP) is 9.14. The standard InChI is InChI=1S/C21H28F17NO2S/c1-3-5-6-7-8-9-10-11-12-13-39(4-2)42(40,41)21(37,38)19(32,33)17(28,29)15(24,25)14(22,23)16(26,27)18(30,31)20(34,35)36/h3-13H2,1-2H3. The number of halogens is 17. The van der Waals surface area contributed by atoms with Crippen LogP contribution in [0.5, 0.6) is 0 Å². The first-order valence-corrected chi connectivity index (χ1v) is 13.7.